The largest absolute Gasteiger partial charge is 0.416 e. The van der Waals surface area contributed by atoms with Crippen LogP contribution in [0, 0.1) is 6.92 Å². The number of nitrogens with one attached hydrogen (secondary N) is 2. The molecule has 5 nitrogen and oxygen atoms in total. The van der Waals surface area contributed by atoms with Crippen molar-refractivity contribution in [3.63, 3.8) is 0 Å². The van der Waals surface area contributed by atoms with Crippen molar-refractivity contribution < 1.29 is 26.4 Å². The molecule has 0 bridgehead atoms. The van der Waals surface area contributed by atoms with E-state index in [9.17, 15) is 26.4 Å². The second-order valence-corrected chi connectivity index (χ2v) is 9.35. The summed E-state index contributed by atoms with van der Waals surface area (Å²) in [5.41, 5.74) is 0.113. The molecular weight excluding hydrogens is 465 g/mol. The first-order valence-electron chi connectivity index (χ1n) is 9.28. The van der Waals surface area contributed by atoms with Gasteiger partial charge in [-0.15, -0.1) is 0 Å². The van der Waals surface area contributed by atoms with E-state index in [1.165, 1.54) is 30.3 Å². The molecule has 0 saturated carbocycles. The lowest BCUT2D eigenvalue weighted by Gasteiger charge is -2.13. The van der Waals surface area contributed by atoms with Gasteiger partial charge in [0, 0.05) is 16.4 Å². The minimum absolute atomic E-state index is 0.00860. The Bertz CT molecular complexity index is 1260. The lowest BCUT2D eigenvalue weighted by Crippen LogP contribution is -2.20. The van der Waals surface area contributed by atoms with Crippen LogP contribution in [0.5, 0.6) is 0 Å². The minimum atomic E-state index is -4.55. The molecule has 0 heterocycles. The van der Waals surface area contributed by atoms with E-state index in [4.69, 9.17) is 11.6 Å². The van der Waals surface area contributed by atoms with Crippen LogP contribution in [-0.2, 0) is 21.8 Å². The molecule has 0 aromatic heterocycles. The van der Waals surface area contributed by atoms with Gasteiger partial charge in [-0.25, -0.2) is 13.2 Å². The zero-order valence-electron chi connectivity index (χ0n) is 16.7. The molecule has 0 atom stereocenters. The van der Waals surface area contributed by atoms with E-state index in [0.29, 0.717) is 16.1 Å². The molecule has 0 aliphatic rings. The molecule has 0 spiro atoms. The highest BCUT2D eigenvalue weighted by Gasteiger charge is 2.30. The summed E-state index contributed by atoms with van der Waals surface area (Å²) >= 11 is 6.07. The highest BCUT2D eigenvalue weighted by atomic mass is 35.5. The fourth-order valence-corrected chi connectivity index (χ4v) is 4.94. The fourth-order valence-electron chi connectivity index (χ4n) is 2.98. The number of hydrogen-bond donors (Lipinski definition) is 2. The zero-order chi connectivity index (χ0) is 23.5. The summed E-state index contributed by atoms with van der Waals surface area (Å²) in [7, 11) is -3.79. The molecule has 0 aliphatic carbocycles. The number of sulfone groups is 1. The van der Waals surface area contributed by atoms with Crippen molar-refractivity contribution in [3.8, 4) is 0 Å². The summed E-state index contributed by atoms with van der Waals surface area (Å²) in [6.07, 6.45) is -4.55. The smallest absolute Gasteiger partial charge is 0.308 e. The monoisotopic (exact) mass is 482 g/mol. The first-order chi connectivity index (χ1) is 15.0. The number of halogens is 4. The maximum atomic E-state index is 12.9. The second-order valence-electron chi connectivity index (χ2n) is 6.99. The van der Waals surface area contributed by atoms with Crippen LogP contribution in [0.4, 0.5) is 29.3 Å². The lowest BCUT2D eigenvalue weighted by atomic mass is 10.2. The van der Waals surface area contributed by atoms with Crippen LogP contribution in [0.3, 0.4) is 0 Å². The molecule has 0 aliphatic heterocycles. The average Bonchev–Trinajstić information content (AvgIpc) is 2.70. The van der Waals surface area contributed by atoms with Crippen LogP contribution in [0.1, 0.15) is 16.7 Å². The number of alkyl halides is 3. The number of carbonyl (C=O) groups is 1. The van der Waals surface area contributed by atoms with Gasteiger partial charge < -0.3 is 10.6 Å². The van der Waals surface area contributed by atoms with Crippen molar-refractivity contribution in [2.45, 2.75) is 23.7 Å². The maximum Gasteiger partial charge on any atom is 0.416 e. The van der Waals surface area contributed by atoms with E-state index in [0.717, 1.165) is 12.1 Å². The Morgan fingerprint density at radius 3 is 2.25 bits per heavy atom. The summed E-state index contributed by atoms with van der Waals surface area (Å²) in [6.45, 7) is 1.62. The maximum absolute atomic E-state index is 12.9. The number of carbonyl (C=O) groups excluding carboxylic acids is 1. The molecule has 0 saturated heterocycles. The molecule has 2 amide bonds. The highest BCUT2D eigenvalue weighted by molar-refractivity contribution is 7.90. The number of urea groups is 1. The summed E-state index contributed by atoms with van der Waals surface area (Å²) < 4.78 is 64.4. The van der Waals surface area contributed by atoms with Crippen LogP contribution < -0.4 is 10.6 Å². The summed E-state index contributed by atoms with van der Waals surface area (Å²) in [5.74, 6) is -0.326. The first-order valence-corrected chi connectivity index (χ1v) is 11.3. The van der Waals surface area contributed by atoms with Crippen molar-refractivity contribution >= 4 is 38.8 Å². The van der Waals surface area contributed by atoms with Gasteiger partial charge in [0.05, 0.1) is 16.2 Å². The Morgan fingerprint density at radius 1 is 0.938 bits per heavy atom. The van der Waals surface area contributed by atoms with Crippen molar-refractivity contribution in [1.29, 1.82) is 0 Å². The summed E-state index contributed by atoms with van der Waals surface area (Å²) in [4.78, 5) is 12.3. The Morgan fingerprint density at radius 2 is 1.59 bits per heavy atom. The number of benzene rings is 3. The average molecular weight is 483 g/mol. The molecule has 0 fully saturated rings. The van der Waals surface area contributed by atoms with Gasteiger partial charge in [-0.3, -0.25) is 0 Å². The van der Waals surface area contributed by atoms with Crippen molar-refractivity contribution in [2.75, 3.05) is 10.6 Å². The Hall–Kier alpha value is -3.04. The molecule has 3 aromatic rings. The van der Waals surface area contributed by atoms with Gasteiger partial charge >= 0.3 is 12.2 Å². The van der Waals surface area contributed by atoms with Crippen LogP contribution >= 0.6 is 11.6 Å². The van der Waals surface area contributed by atoms with E-state index in [2.05, 4.69) is 10.6 Å². The third-order valence-corrected chi connectivity index (χ3v) is 6.70. The van der Waals surface area contributed by atoms with Gasteiger partial charge in [-0.05, 0) is 54.4 Å². The van der Waals surface area contributed by atoms with E-state index in [-0.39, 0.29) is 22.0 Å². The van der Waals surface area contributed by atoms with Gasteiger partial charge in [0.2, 0.25) is 0 Å². The number of hydrogen-bond acceptors (Lipinski definition) is 3. The number of aryl methyl sites for hydroxylation is 1. The molecule has 3 rings (SSSR count). The minimum Gasteiger partial charge on any atom is -0.308 e. The van der Waals surface area contributed by atoms with Crippen molar-refractivity contribution in [1.82, 2.24) is 0 Å². The van der Waals surface area contributed by atoms with Gasteiger partial charge in [0.25, 0.3) is 0 Å². The molecule has 2 N–H and O–H groups in total. The topological polar surface area (TPSA) is 75.3 Å². The number of amides is 2. The Labute approximate surface area is 188 Å². The van der Waals surface area contributed by atoms with Crippen molar-refractivity contribution in [3.05, 3.63) is 88.4 Å². The van der Waals surface area contributed by atoms with Gasteiger partial charge in [0.15, 0.2) is 9.84 Å². The quantitative estimate of drug-likeness (QED) is 0.449. The van der Waals surface area contributed by atoms with Gasteiger partial charge in [-0.1, -0.05) is 41.9 Å². The zero-order valence-corrected chi connectivity index (χ0v) is 18.3. The van der Waals surface area contributed by atoms with E-state index in [1.807, 2.05) is 0 Å². The standard InChI is InChI=1S/C22H18ClF3N2O3S/c1-14-9-10-18(12-20(14)32(30,31)13-15-5-2-3-8-19(15)23)28-21(29)27-17-7-4-6-16(11-17)22(24,25)26/h2-12H,13H2,1H3,(H2,27,28,29). The number of anilines is 2. The van der Waals surface area contributed by atoms with Crippen LogP contribution in [-0.4, -0.2) is 14.4 Å². The predicted molar refractivity (Wildman–Crippen MR) is 118 cm³/mol. The lowest BCUT2D eigenvalue weighted by molar-refractivity contribution is -0.137. The number of rotatable bonds is 5. The molecule has 0 unspecified atom stereocenters. The molecule has 3 aromatic carbocycles. The van der Waals surface area contributed by atoms with Crippen LogP contribution in [0.25, 0.3) is 0 Å². The molecule has 0 radical (unpaired) electrons. The normalized spacial score (nSPS) is 11.8. The van der Waals surface area contributed by atoms with Gasteiger partial charge in [-0.2, -0.15) is 13.2 Å². The predicted octanol–water partition coefficient (Wildman–Crippen LogP) is 6.29. The third kappa shape index (κ3) is 5.80. The molecule has 32 heavy (non-hydrogen) atoms. The first kappa shape index (κ1) is 23.6. The fraction of sp³-hybridized carbons (Fsp3) is 0.136. The molecule has 168 valence electrons. The van der Waals surface area contributed by atoms with E-state index >= 15 is 0 Å². The second kappa shape index (κ2) is 9.22. The molecule has 10 heteroatoms. The van der Waals surface area contributed by atoms with E-state index in [1.54, 1.807) is 31.2 Å². The Kier molecular flexibility index (Phi) is 6.80. The Balaban J connectivity index is 1.78. The highest BCUT2D eigenvalue weighted by Crippen LogP contribution is 2.31. The van der Waals surface area contributed by atoms with Gasteiger partial charge in [0.1, 0.15) is 0 Å². The van der Waals surface area contributed by atoms with E-state index < -0.39 is 27.6 Å². The molecular formula is C22H18ClF3N2O3S. The SMILES string of the molecule is Cc1ccc(NC(=O)Nc2cccc(C(F)(F)F)c2)cc1S(=O)(=O)Cc1ccccc1Cl. The van der Waals surface area contributed by atoms with Crippen LogP contribution in [0.15, 0.2) is 71.6 Å². The summed E-state index contributed by atoms with van der Waals surface area (Å²) in [5, 5.41) is 5.07. The third-order valence-electron chi connectivity index (χ3n) is 4.53. The van der Waals surface area contributed by atoms with Crippen LogP contribution in [0.2, 0.25) is 5.02 Å². The van der Waals surface area contributed by atoms with Crippen molar-refractivity contribution in [2.24, 2.45) is 0 Å². The summed E-state index contributed by atoms with van der Waals surface area (Å²) in [6, 6.07) is 14.2.